The van der Waals surface area contributed by atoms with Crippen LogP contribution in [0.1, 0.15) is 29.8 Å². The Morgan fingerprint density at radius 1 is 1.39 bits per heavy atom. The molecule has 18 heavy (non-hydrogen) atoms. The molecule has 1 amide bonds. The van der Waals surface area contributed by atoms with Crippen LogP contribution < -0.4 is 5.32 Å². The average molecular weight is 269 g/mol. The predicted octanol–water partition coefficient (Wildman–Crippen LogP) is 1.79. The van der Waals surface area contributed by atoms with Gasteiger partial charge in [0.25, 0.3) is 5.12 Å². The van der Waals surface area contributed by atoms with Crippen molar-refractivity contribution in [2.24, 2.45) is 0 Å². The first-order valence-electron chi connectivity index (χ1n) is 5.43. The smallest absolute Gasteiger partial charge is 0.276 e. The first-order valence-corrected chi connectivity index (χ1v) is 6.50. The Balaban J connectivity index is 3.03. The van der Waals surface area contributed by atoms with Crippen LogP contribution in [0.3, 0.4) is 0 Å². The van der Waals surface area contributed by atoms with E-state index in [1.807, 2.05) is 0 Å². The number of benzene rings is 1. The Bertz CT molecular complexity index is 499. The highest BCUT2D eigenvalue weighted by atomic mass is 32.2. The Kier molecular flexibility index (Phi) is 5.18. The lowest BCUT2D eigenvalue weighted by atomic mass is 10.1. The SMILES string of the molecule is CCOS(=O)C(=O)c1cc(NC(C)=O)ccc1C. The highest BCUT2D eigenvalue weighted by Gasteiger charge is 2.18. The zero-order valence-electron chi connectivity index (χ0n) is 10.5. The van der Waals surface area contributed by atoms with Crippen molar-refractivity contribution in [1.29, 1.82) is 0 Å². The third-order valence-electron chi connectivity index (χ3n) is 2.15. The number of aryl methyl sites for hydroxylation is 1. The van der Waals surface area contributed by atoms with Crippen molar-refractivity contribution in [2.75, 3.05) is 11.9 Å². The van der Waals surface area contributed by atoms with Gasteiger partial charge in [-0.05, 0) is 31.5 Å². The molecule has 0 aliphatic rings. The summed E-state index contributed by atoms with van der Waals surface area (Å²) in [5.74, 6) is -0.233. The van der Waals surface area contributed by atoms with Gasteiger partial charge in [0.1, 0.15) is 0 Å². The average Bonchev–Trinajstić information content (AvgIpc) is 2.30. The van der Waals surface area contributed by atoms with Gasteiger partial charge in [-0.3, -0.25) is 13.8 Å². The molecule has 6 heteroatoms. The number of anilines is 1. The zero-order valence-corrected chi connectivity index (χ0v) is 11.3. The fraction of sp³-hybridized carbons (Fsp3) is 0.333. The molecule has 0 heterocycles. The summed E-state index contributed by atoms with van der Waals surface area (Å²) in [5, 5.41) is 1.97. The first kappa shape index (κ1) is 14.5. The molecular weight excluding hydrogens is 254 g/mol. The Morgan fingerprint density at radius 3 is 2.61 bits per heavy atom. The molecule has 1 aromatic carbocycles. The lowest BCUT2D eigenvalue weighted by Crippen LogP contribution is -2.13. The standard InChI is InChI=1S/C12H15NO4S/c1-4-17-18(16)12(15)11-7-10(13-9(3)14)6-5-8(11)2/h5-7H,4H2,1-3H3,(H,13,14). The summed E-state index contributed by atoms with van der Waals surface area (Å²) < 4.78 is 16.3. The second-order valence-corrected chi connectivity index (χ2v) is 4.72. The molecule has 0 bridgehead atoms. The minimum absolute atomic E-state index is 0.197. The van der Waals surface area contributed by atoms with Gasteiger partial charge in [-0.1, -0.05) is 6.07 Å². The molecule has 5 nitrogen and oxygen atoms in total. The molecule has 0 saturated heterocycles. The van der Waals surface area contributed by atoms with E-state index in [-0.39, 0.29) is 18.1 Å². The number of hydrogen-bond donors (Lipinski definition) is 1. The van der Waals surface area contributed by atoms with Crippen LogP contribution in [0.15, 0.2) is 18.2 Å². The fourth-order valence-electron chi connectivity index (χ4n) is 1.37. The molecule has 1 rings (SSSR count). The van der Waals surface area contributed by atoms with Crippen molar-refractivity contribution in [3.8, 4) is 0 Å². The number of carbonyl (C=O) groups is 2. The highest BCUT2D eigenvalue weighted by molar-refractivity contribution is 7.96. The number of nitrogens with one attached hydrogen (secondary N) is 1. The van der Waals surface area contributed by atoms with E-state index in [0.29, 0.717) is 11.3 Å². The van der Waals surface area contributed by atoms with Crippen LogP contribution in [0.4, 0.5) is 5.69 Å². The highest BCUT2D eigenvalue weighted by Crippen LogP contribution is 2.17. The van der Waals surface area contributed by atoms with Gasteiger partial charge < -0.3 is 5.32 Å². The Labute approximate surface area is 108 Å². The molecule has 0 saturated carbocycles. The number of amides is 1. The Hall–Kier alpha value is -1.53. The van der Waals surface area contributed by atoms with E-state index in [4.69, 9.17) is 4.18 Å². The maximum Gasteiger partial charge on any atom is 0.276 e. The third kappa shape index (κ3) is 3.75. The zero-order chi connectivity index (χ0) is 13.7. The maximum absolute atomic E-state index is 11.9. The second-order valence-electron chi connectivity index (χ2n) is 3.64. The molecule has 0 aromatic heterocycles. The van der Waals surface area contributed by atoms with Crippen molar-refractivity contribution < 1.29 is 18.0 Å². The van der Waals surface area contributed by atoms with E-state index in [9.17, 15) is 13.8 Å². The van der Waals surface area contributed by atoms with Gasteiger partial charge in [0.2, 0.25) is 17.0 Å². The summed E-state index contributed by atoms with van der Waals surface area (Å²) in [7, 11) is 0. The van der Waals surface area contributed by atoms with E-state index in [0.717, 1.165) is 0 Å². The predicted molar refractivity (Wildman–Crippen MR) is 69.6 cm³/mol. The summed E-state index contributed by atoms with van der Waals surface area (Å²) in [6.45, 7) is 4.96. The summed E-state index contributed by atoms with van der Waals surface area (Å²) in [6, 6.07) is 4.86. The lowest BCUT2D eigenvalue weighted by Gasteiger charge is -2.08. The molecule has 1 unspecified atom stereocenters. The number of hydrogen-bond acceptors (Lipinski definition) is 4. The maximum atomic E-state index is 11.9. The van der Waals surface area contributed by atoms with Gasteiger partial charge >= 0.3 is 0 Å². The minimum atomic E-state index is -2.00. The molecule has 98 valence electrons. The third-order valence-corrected chi connectivity index (χ3v) is 3.13. The molecule has 1 N–H and O–H groups in total. The molecule has 0 radical (unpaired) electrons. The van der Waals surface area contributed by atoms with Crippen molar-refractivity contribution in [2.45, 2.75) is 20.8 Å². The van der Waals surface area contributed by atoms with Gasteiger partial charge in [-0.15, -0.1) is 0 Å². The largest absolute Gasteiger partial charge is 0.326 e. The van der Waals surface area contributed by atoms with Gasteiger partial charge in [0, 0.05) is 18.2 Å². The van der Waals surface area contributed by atoms with Gasteiger partial charge in [-0.25, -0.2) is 4.21 Å². The van der Waals surface area contributed by atoms with Crippen molar-refractivity contribution in [3.63, 3.8) is 0 Å². The second kappa shape index (κ2) is 6.42. The summed E-state index contributed by atoms with van der Waals surface area (Å²) in [4.78, 5) is 22.8. The molecule has 0 fully saturated rings. The van der Waals surface area contributed by atoms with Gasteiger partial charge in [0.05, 0.1) is 6.61 Å². The van der Waals surface area contributed by atoms with E-state index in [1.54, 1.807) is 26.0 Å². The normalized spacial score (nSPS) is 11.9. The van der Waals surface area contributed by atoms with Crippen LogP contribution in [0, 0.1) is 6.92 Å². The molecule has 0 aliphatic carbocycles. The van der Waals surface area contributed by atoms with E-state index in [2.05, 4.69) is 5.32 Å². The van der Waals surface area contributed by atoms with Crippen molar-refractivity contribution in [3.05, 3.63) is 29.3 Å². The Morgan fingerprint density at radius 2 is 2.06 bits per heavy atom. The summed E-state index contributed by atoms with van der Waals surface area (Å²) in [5.41, 5.74) is 1.46. The molecular formula is C12H15NO4S. The van der Waals surface area contributed by atoms with Crippen LogP contribution in [0.5, 0.6) is 0 Å². The molecule has 1 atom stereocenters. The quantitative estimate of drug-likeness (QED) is 0.904. The van der Waals surface area contributed by atoms with E-state index >= 15 is 0 Å². The van der Waals surface area contributed by atoms with Crippen molar-refractivity contribution >= 4 is 27.8 Å². The number of carbonyl (C=O) groups excluding carboxylic acids is 2. The molecule has 0 aliphatic heterocycles. The summed E-state index contributed by atoms with van der Waals surface area (Å²) in [6.07, 6.45) is 0. The summed E-state index contributed by atoms with van der Waals surface area (Å²) >= 11 is -2.00. The topological polar surface area (TPSA) is 72.5 Å². The minimum Gasteiger partial charge on any atom is -0.326 e. The monoisotopic (exact) mass is 269 g/mol. The van der Waals surface area contributed by atoms with Crippen molar-refractivity contribution in [1.82, 2.24) is 0 Å². The van der Waals surface area contributed by atoms with Crippen LogP contribution in [0.2, 0.25) is 0 Å². The van der Waals surface area contributed by atoms with E-state index in [1.165, 1.54) is 13.0 Å². The van der Waals surface area contributed by atoms with E-state index < -0.39 is 16.2 Å². The first-order chi connectivity index (χ1) is 8.45. The van der Waals surface area contributed by atoms with Crippen LogP contribution >= 0.6 is 0 Å². The lowest BCUT2D eigenvalue weighted by molar-refractivity contribution is -0.114. The molecule has 0 spiro atoms. The van der Waals surface area contributed by atoms with Gasteiger partial charge in [0.15, 0.2) is 0 Å². The molecule has 1 aromatic rings. The number of rotatable bonds is 4. The van der Waals surface area contributed by atoms with Gasteiger partial charge in [-0.2, -0.15) is 0 Å². The fourth-order valence-corrected chi connectivity index (χ4v) is 2.09. The van der Waals surface area contributed by atoms with Crippen LogP contribution in [0.25, 0.3) is 0 Å². The van der Waals surface area contributed by atoms with Crippen LogP contribution in [-0.2, 0) is 20.1 Å². The van der Waals surface area contributed by atoms with Crippen LogP contribution in [-0.4, -0.2) is 21.8 Å².